The van der Waals surface area contributed by atoms with Gasteiger partial charge in [0.05, 0.1) is 40.2 Å². The van der Waals surface area contributed by atoms with Gasteiger partial charge in [0.2, 0.25) is 17.7 Å². The summed E-state index contributed by atoms with van der Waals surface area (Å²) in [5.41, 5.74) is 7.35. The molecule has 1 aromatic carbocycles. The lowest BCUT2D eigenvalue weighted by molar-refractivity contribution is -0.162. The van der Waals surface area contributed by atoms with Gasteiger partial charge in [0, 0.05) is 85.3 Å². The van der Waals surface area contributed by atoms with Gasteiger partial charge in [-0.25, -0.2) is 15.2 Å². The molecule has 1 spiro atoms. The summed E-state index contributed by atoms with van der Waals surface area (Å²) >= 11 is 1.41. The Hall–Kier alpha value is -5.45. The topological polar surface area (TPSA) is 168 Å². The highest BCUT2D eigenvalue weighted by Crippen LogP contribution is 2.44. The summed E-state index contributed by atoms with van der Waals surface area (Å²) in [5.74, 6) is -1.99. The molecule has 4 aliphatic rings. The maximum atomic E-state index is 14.8. The van der Waals surface area contributed by atoms with Crippen LogP contribution in [0.4, 0.5) is 0 Å². The molecular formula is C50H64N8O7S. The second-order valence-corrected chi connectivity index (χ2v) is 20.8. The number of methoxy groups -OCH3 is 1. The summed E-state index contributed by atoms with van der Waals surface area (Å²) in [6.07, 6.45) is 5.44. The van der Waals surface area contributed by atoms with E-state index in [1.807, 2.05) is 32.2 Å². The third kappa shape index (κ3) is 8.67. The van der Waals surface area contributed by atoms with Crippen molar-refractivity contribution in [1.29, 1.82) is 0 Å². The van der Waals surface area contributed by atoms with Crippen LogP contribution in [0.2, 0.25) is 0 Å². The molecule has 4 aromatic rings. The molecule has 4 amide bonds. The Morgan fingerprint density at radius 1 is 1.09 bits per heavy atom. The number of pyridine rings is 1. The van der Waals surface area contributed by atoms with E-state index in [1.54, 1.807) is 30.0 Å². The molecule has 8 rings (SSSR count). The molecule has 0 aliphatic carbocycles. The van der Waals surface area contributed by atoms with Crippen LogP contribution in [-0.2, 0) is 52.8 Å². The van der Waals surface area contributed by atoms with Gasteiger partial charge in [0.1, 0.15) is 17.6 Å². The first kappa shape index (κ1) is 47.1. The van der Waals surface area contributed by atoms with Crippen LogP contribution in [0.15, 0.2) is 54.6 Å². The Morgan fingerprint density at radius 3 is 2.59 bits per heavy atom. The number of hydrazine groups is 1. The van der Waals surface area contributed by atoms with E-state index in [2.05, 4.69) is 66.9 Å². The van der Waals surface area contributed by atoms with E-state index in [0.717, 1.165) is 44.7 Å². The van der Waals surface area contributed by atoms with E-state index in [0.29, 0.717) is 63.3 Å². The van der Waals surface area contributed by atoms with Crippen molar-refractivity contribution >= 4 is 51.8 Å². The minimum absolute atomic E-state index is 0.0788. The molecule has 15 nitrogen and oxygen atoms in total. The van der Waals surface area contributed by atoms with Crippen LogP contribution >= 0.6 is 11.3 Å². The Balaban J connectivity index is 1.18. The van der Waals surface area contributed by atoms with E-state index in [1.165, 1.54) is 22.4 Å². The van der Waals surface area contributed by atoms with Crippen LogP contribution in [0.1, 0.15) is 96.5 Å². The summed E-state index contributed by atoms with van der Waals surface area (Å²) in [5, 5.41) is 8.19. The van der Waals surface area contributed by atoms with Crippen LogP contribution in [-0.4, -0.2) is 116 Å². The number of aromatic nitrogens is 3. The summed E-state index contributed by atoms with van der Waals surface area (Å²) in [6.45, 7) is 19.7. The van der Waals surface area contributed by atoms with Gasteiger partial charge in [0.15, 0.2) is 0 Å². The van der Waals surface area contributed by atoms with Crippen molar-refractivity contribution in [3.05, 3.63) is 70.8 Å². The molecule has 7 heterocycles. The highest BCUT2D eigenvalue weighted by Gasteiger charge is 2.54. The van der Waals surface area contributed by atoms with Crippen LogP contribution in [0.5, 0.6) is 0 Å². The van der Waals surface area contributed by atoms with Crippen LogP contribution in [0.3, 0.4) is 0 Å². The first-order valence-electron chi connectivity index (χ1n) is 23.3. The number of hydrogen-bond donors (Lipinski definition) is 2. The number of aryl methyl sites for hydroxylation is 1. The molecule has 3 saturated heterocycles. The predicted octanol–water partition coefficient (Wildman–Crippen LogP) is 6.25. The second-order valence-electron chi connectivity index (χ2n) is 19.9. The molecule has 0 radical (unpaired) electrons. The molecule has 5 atom stereocenters. The van der Waals surface area contributed by atoms with Crippen molar-refractivity contribution in [3.8, 4) is 22.5 Å². The first-order valence-corrected chi connectivity index (χ1v) is 24.2. The first-order chi connectivity index (χ1) is 31.4. The largest absolute Gasteiger partial charge is 0.464 e. The van der Waals surface area contributed by atoms with Gasteiger partial charge in [-0.05, 0) is 94.7 Å². The summed E-state index contributed by atoms with van der Waals surface area (Å²) in [7, 11) is 1.69. The molecule has 0 unspecified atom stereocenters. The fourth-order valence-corrected chi connectivity index (χ4v) is 11.4. The van der Waals surface area contributed by atoms with Gasteiger partial charge < -0.3 is 29.2 Å². The van der Waals surface area contributed by atoms with Crippen molar-refractivity contribution in [2.75, 3.05) is 39.9 Å². The Morgan fingerprint density at radius 2 is 1.86 bits per heavy atom. The van der Waals surface area contributed by atoms with Crippen molar-refractivity contribution in [3.63, 3.8) is 0 Å². The van der Waals surface area contributed by atoms with Gasteiger partial charge in [-0.15, -0.1) is 11.3 Å². The number of thiazole rings is 1. The monoisotopic (exact) mass is 920 g/mol. The molecule has 352 valence electrons. The smallest absolute Gasteiger partial charge is 0.327 e. The molecule has 3 fully saturated rings. The number of carbonyl (C=O) groups is 5. The summed E-state index contributed by atoms with van der Waals surface area (Å²) in [6, 6.07) is 8.47. The second kappa shape index (κ2) is 18.3. The summed E-state index contributed by atoms with van der Waals surface area (Å²) < 4.78 is 14.4. The standard InChI is InChI=1S/C50H64N8O7S/c1-10-40(59)55-22-18-50(28-55)19-23-57(46(50)62)42(30(3)4)44(60)53-36-25-39-52-37(27-66-39)32-15-16-38-34(24-32)35(43(56(38)11-2)33-14-12-20-51-41(33)31(5)64-9)26-48(6,7)29-65-47(63)49(8)17-13-21-58(54-49)45(36)61/h10,12,14-16,20,24,27,30-31,36,42,54H,1,11,13,17-19,21-23,25-26,28-29H2,2-9H3,(H,53,60)/t31-,36-,42-,49+,50-/m0/s1. The van der Waals surface area contributed by atoms with Crippen LogP contribution in [0.25, 0.3) is 33.4 Å². The number of ether oxygens (including phenoxy) is 2. The highest BCUT2D eigenvalue weighted by atomic mass is 32.1. The number of likely N-dealkylation sites (tertiary alicyclic amines) is 2. The van der Waals surface area contributed by atoms with Gasteiger partial charge >= 0.3 is 5.97 Å². The normalized spacial score (nSPS) is 24.5. The zero-order valence-electron chi connectivity index (χ0n) is 39.6. The van der Waals surface area contributed by atoms with E-state index in [9.17, 15) is 24.0 Å². The quantitative estimate of drug-likeness (QED) is 0.145. The molecule has 66 heavy (non-hydrogen) atoms. The average Bonchev–Trinajstić information content (AvgIpc) is 4.09. The van der Waals surface area contributed by atoms with Crippen molar-refractivity contribution in [2.45, 2.75) is 117 Å². The van der Waals surface area contributed by atoms with Gasteiger partial charge in [-0.3, -0.25) is 29.2 Å². The zero-order valence-corrected chi connectivity index (χ0v) is 40.4. The minimum atomic E-state index is -1.23. The molecule has 6 bridgehead atoms. The highest BCUT2D eigenvalue weighted by molar-refractivity contribution is 7.10. The number of rotatable bonds is 9. The number of fused-ring (bicyclic) bond motifs is 6. The van der Waals surface area contributed by atoms with Crippen LogP contribution < -0.4 is 10.7 Å². The number of hydrogen-bond acceptors (Lipinski definition) is 11. The number of cyclic esters (lactones) is 1. The van der Waals surface area contributed by atoms with E-state index in [4.69, 9.17) is 19.4 Å². The molecule has 3 aromatic heterocycles. The lowest BCUT2D eigenvalue weighted by Crippen LogP contribution is -2.66. The SMILES string of the molecule is C=CC(=O)N1CC[C@]2(CCN([C@H](C(=O)N[C@H]3Cc4nc(cs4)-c4ccc5c(c4)c(c(-c4cccnc4[C@H](C)OC)n5CC)CC(C)(C)COC(=O)[C@@]4(C)CCCN(N4)C3=O)C(C)C)C2=O)C1. The van der Waals surface area contributed by atoms with Gasteiger partial charge in [-0.2, -0.15) is 0 Å². The number of carbonyl (C=O) groups excluding carboxylic acids is 5. The Labute approximate surface area is 391 Å². The number of benzene rings is 1. The maximum Gasteiger partial charge on any atom is 0.327 e. The fraction of sp³-hybridized carbons (Fsp3) is 0.540. The lowest BCUT2D eigenvalue weighted by atomic mass is 9.84. The third-order valence-electron chi connectivity index (χ3n) is 14.2. The van der Waals surface area contributed by atoms with E-state index in [-0.39, 0.29) is 43.4 Å². The minimum Gasteiger partial charge on any atom is -0.464 e. The number of nitrogens with one attached hydrogen (secondary N) is 2. The predicted molar refractivity (Wildman–Crippen MR) is 253 cm³/mol. The average molecular weight is 921 g/mol. The van der Waals surface area contributed by atoms with E-state index < -0.39 is 46.2 Å². The maximum absolute atomic E-state index is 14.8. The number of nitrogens with zero attached hydrogens (tertiary/aromatic N) is 6. The van der Waals surface area contributed by atoms with Crippen molar-refractivity contribution in [2.24, 2.45) is 16.7 Å². The Kier molecular flexibility index (Phi) is 13.1. The van der Waals surface area contributed by atoms with E-state index >= 15 is 0 Å². The lowest BCUT2D eigenvalue weighted by Gasteiger charge is -2.41. The van der Waals surface area contributed by atoms with Gasteiger partial charge in [0.25, 0.3) is 5.91 Å². The van der Waals surface area contributed by atoms with Crippen molar-refractivity contribution in [1.82, 2.24) is 40.1 Å². The van der Waals surface area contributed by atoms with Gasteiger partial charge in [-0.1, -0.05) is 40.3 Å². The fourth-order valence-electron chi connectivity index (χ4n) is 10.6. The number of esters is 1. The summed E-state index contributed by atoms with van der Waals surface area (Å²) in [4.78, 5) is 83.6. The van der Waals surface area contributed by atoms with Crippen molar-refractivity contribution < 1.29 is 33.4 Å². The molecule has 0 saturated carbocycles. The number of amides is 4. The molecule has 4 aliphatic heterocycles. The van der Waals surface area contributed by atoms with Crippen LogP contribution in [0, 0.1) is 16.7 Å². The molecule has 2 N–H and O–H groups in total. The third-order valence-corrected chi connectivity index (χ3v) is 15.1. The zero-order chi connectivity index (χ0) is 47.3. The molecular weight excluding hydrogens is 857 g/mol. The molecule has 16 heteroatoms. The Bertz CT molecular complexity index is 2570.